The van der Waals surface area contributed by atoms with Gasteiger partial charge in [-0.25, -0.2) is 0 Å². The summed E-state index contributed by atoms with van der Waals surface area (Å²) in [6.45, 7) is 8.09. The van der Waals surface area contributed by atoms with Crippen molar-refractivity contribution in [3.05, 3.63) is 46.9 Å². The van der Waals surface area contributed by atoms with Crippen molar-refractivity contribution in [2.75, 3.05) is 0 Å². The van der Waals surface area contributed by atoms with E-state index in [4.69, 9.17) is 8.83 Å². The molecule has 0 radical (unpaired) electrons. The lowest BCUT2D eigenvalue weighted by molar-refractivity contribution is 0.547. The first-order valence-corrected chi connectivity index (χ1v) is 8.18. The summed E-state index contributed by atoms with van der Waals surface area (Å²) in [7, 11) is 0. The highest BCUT2D eigenvalue weighted by Gasteiger charge is 2.22. The molecule has 5 heteroatoms. The maximum Gasteiger partial charge on any atom is 0.136 e. The first-order valence-electron chi connectivity index (χ1n) is 7.45. The zero-order valence-electron chi connectivity index (χ0n) is 13.4. The van der Waals surface area contributed by atoms with Crippen molar-refractivity contribution in [1.29, 1.82) is 0 Å². The van der Waals surface area contributed by atoms with Crippen LogP contribution >= 0.6 is 11.7 Å². The number of benzene rings is 1. The van der Waals surface area contributed by atoms with E-state index in [0.717, 1.165) is 56.3 Å². The summed E-state index contributed by atoms with van der Waals surface area (Å²) in [5.74, 6) is 3.45. The van der Waals surface area contributed by atoms with Gasteiger partial charge in [-0.2, -0.15) is 8.75 Å². The summed E-state index contributed by atoms with van der Waals surface area (Å²) >= 11 is 1.22. The fraction of sp³-hybridized carbons (Fsp3) is 0.222. The second-order valence-corrected chi connectivity index (χ2v) is 6.31. The maximum atomic E-state index is 5.85. The molecule has 0 amide bonds. The minimum absolute atomic E-state index is 0.836. The molecule has 4 rings (SSSR count). The van der Waals surface area contributed by atoms with E-state index in [1.165, 1.54) is 11.7 Å². The highest BCUT2D eigenvalue weighted by atomic mass is 32.1. The first-order chi connectivity index (χ1) is 11.1. The van der Waals surface area contributed by atoms with E-state index in [9.17, 15) is 0 Å². The van der Waals surface area contributed by atoms with E-state index < -0.39 is 0 Å². The van der Waals surface area contributed by atoms with Crippen LogP contribution in [0.25, 0.3) is 33.7 Å². The molecule has 3 heterocycles. The van der Waals surface area contributed by atoms with Crippen molar-refractivity contribution in [3.63, 3.8) is 0 Å². The Bertz CT molecular complexity index is 943. The van der Waals surface area contributed by atoms with Crippen LogP contribution in [-0.4, -0.2) is 8.75 Å². The molecular weight excluding hydrogens is 308 g/mol. The molecule has 4 nitrogen and oxygen atoms in total. The lowest BCUT2D eigenvalue weighted by atomic mass is 9.93. The predicted molar refractivity (Wildman–Crippen MR) is 91.8 cm³/mol. The van der Waals surface area contributed by atoms with E-state index in [-0.39, 0.29) is 0 Å². The molecule has 1 aromatic carbocycles. The minimum Gasteiger partial charge on any atom is -0.461 e. The van der Waals surface area contributed by atoms with Gasteiger partial charge in [0.25, 0.3) is 0 Å². The number of furan rings is 2. The van der Waals surface area contributed by atoms with Gasteiger partial charge in [0.15, 0.2) is 0 Å². The van der Waals surface area contributed by atoms with Crippen molar-refractivity contribution in [2.24, 2.45) is 0 Å². The van der Waals surface area contributed by atoms with Crippen molar-refractivity contribution in [2.45, 2.75) is 27.7 Å². The van der Waals surface area contributed by atoms with E-state index in [1.54, 1.807) is 0 Å². The SMILES string of the molecule is Cc1ccc(-c2c(C)c(C)c(-c3ccc(C)o3)c3nsnc23)o1. The molecule has 23 heavy (non-hydrogen) atoms. The normalized spacial score (nSPS) is 11.5. The third-order valence-corrected chi connectivity index (χ3v) is 4.78. The number of aromatic nitrogens is 2. The molecule has 0 unspecified atom stereocenters. The monoisotopic (exact) mass is 324 g/mol. The molecule has 0 aliphatic rings. The summed E-state index contributed by atoms with van der Waals surface area (Å²) in [5, 5.41) is 0. The predicted octanol–water partition coefficient (Wildman–Crippen LogP) is 5.44. The lowest BCUT2D eigenvalue weighted by Crippen LogP contribution is -1.94. The summed E-state index contributed by atoms with van der Waals surface area (Å²) in [6.07, 6.45) is 0. The molecule has 0 saturated carbocycles. The van der Waals surface area contributed by atoms with Crippen LogP contribution < -0.4 is 0 Å². The zero-order valence-corrected chi connectivity index (χ0v) is 14.2. The highest BCUT2D eigenvalue weighted by molar-refractivity contribution is 7.00. The molecule has 0 saturated heterocycles. The molecular formula is C18H16N2O2S. The number of hydrogen-bond acceptors (Lipinski definition) is 5. The van der Waals surface area contributed by atoms with Gasteiger partial charge in [0.1, 0.15) is 34.1 Å². The second kappa shape index (κ2) is 5.06. The average molecular weight is 324 g/mol. The molecule has 0 aliphatic heterocycles. The summed E-state index contributed by atoms with van der Waals surface area (Å²) in [4.78, 5) is 0. The van der Waals surface area contributed by atoms with E-state index in [1.807, 2.05) is 38.1 Å². The molecule has 4 aromatic rings. The average Bonchev–Trinajstić information content (AvgIpc) is 3.23. The number of aryl methyl sites for hydroxylation is 2. The van der Waals surface area contributed by atoms with Crippen LogP contribution in [-0.2, 0) is 0 Å². The van der Waals surface area contributed by atoms with Crippen LogP contribution in [0.2, 0.25) is 0 Å². The van der Waals surface area contributed by atoms with Gasteiger partial charge in [-0.15, -0.1) is 0 Å². The molecule has 0 bridgehead atoms. The van der Waals surface area contributed by atoms with Crippen LogP contribution in [0.4, 0.5) is 0 Å². The van der Waals surface area contributed by atoms with Crippen molar-refractivity contribution < 1.29 is 8.83 Å². The van der Waals surface area contributed by atoms with E-state index in [2.05, 4.69) is 22.6 Å². The summed E-state index contributed by atoms with van der Waals surface area (Å²) in [6, 6.07) is 7.93. The molecule has 0 N–H and O–H groups in total. The minimum atomic E-state index is 0.836. The Morgan fingerprint density at radius 2 is 1.13 bits per heavy atom. The smallest absolute Gasteiger partial charge is 0.136 e. The van der Waals surface area contributed by atoms with E-state index in [0.29, 0.717) is 0 Å². The quantitative estimate of drug-likeness (QED) is 0.492. The number of hydrogen-bond donors (Lipinski definition) is 0. The van der Waals surface area contributed by atoms with Gasteiger partial charge >= 0.3 is 0 Å². The van der Waals surface area contributed by atoms with Crippen molar-refractivity contribution in [3.8, 4) is 22.6 Å². The fourth-order valence-corrected chi connectivity index (χ4v) is 3.55. The Hall–Kier alpha value is -2.40. The third-order valence-electron chi connectivity index (χ3n) is 4.25. The van der Waals surface area contributed by atoms with Crippen LogP contribution in [0.3, 0.4) is 0 Å². The molecule has 0 fully saturated rings. The van der Waals surface area contributed by atoms with Crippen LogP contribution in [0.5, 0.6) is 0 Å². The van der Waals surface area contributed by atoms with E-state index >= 15 is 0 Å². The number of rotatable bonds is 2. The van der Waals surface area contributed by atoms with Gasteiger partial charge < -0.3 is 8.83 Å². The standard InChI is InChI=1S/C18H16N2O2S/c1-9-5-7-13(21-9)15-11(3)12(4)16(14-8-6-10(2)22-14)18-17(15)19-23-20-18/h5-8H,1-4H3. The molecule has 0 atom stereocenters. The second-order valence-electron chi connectivity index (χ2n) is 5.78. The van der Waals surface area contributed by atoms with Crippen LogP contribution in [0.1, 0.15) is 22.6 Å². The molecule has 0 aliphatic carbocycles. The van der Waals surface area contributed by atoms with Gasteiger partial charge in [0, 0.05) is 11.1 Å². The Balaban J connectivity index is 2.09. The first kappa shape index (κ1) is 14.2. The van der Waals surface area contributed by atoms with Crippen LogP contribution in [0, 0.1) is 27.7 Å². The number of nitrogens with zero attached hydrogens (tertiary/aromatic N) is 2. The summed E-state index contributed by atoms with van der Waals surface area (Å²) < 4.78 is 20.7. The van der Waals surface area contributed by atoms with Crippen molar-refractivity contribution >= 4 is 22.8 Å². The Morgan fingerprint density at radius 1 is 0.696 bits per heavy atom. The Labute approximate surface area is 138 Å². The molecule has 116 valence electrons. The van der Waals surface area contributed by atoms with Crippen LogP contribution in [0.15, 0.2) is 33.1 Å². The third kappa shape index (κ3) is 2.11. The summed E-state index contributed by atoms with van der Waals surface area (Å²) in [5.41, 5.74) is 6.07. The largest absolute Gasteiger partial charge is 0.461 e. The van der Waals surface area contributed by atoms with Gasteiger partial charge in [0.05, 0.1) is 11.7 Å². The van der Waals surface area contributed by atoms with Crippen molar-refractivity contribution in [1.82, 2.24) is 8.75 Å². The molecule has 0 spiro atoms. The Morgan fingerprint density at radius 3 is 1.48 bits per heavy atom. The van der Waals surface area contributed by atoms with Gasteiger partial charge in [-0.3, -0.25) is 0 Å². The number of fused-ring (bicyclic) bond motifs is 1. The highest BCUT2D eigenvalue weighted by Crippen LogP contribution is 2.41. The Kier molecular flexibility index (Phi) is 3.13. The maximum absolute atomic E-state index is 5.85. The van der Waals surface area contributed by atoms with Gasteiger partial charge in [0.2, 0.25) is 0 Å². The topological polar surface area (TPSA) is 52.1 Å². The fourth-order valence-electron chi connectivity index (χ4n) is 2.99. The molecule has 3 aromatic heterocycles. The van der Waals surface area contributed by atoms with Gasteiger partial charge in [-0.1, -0.05) is 0 Å². The zero-order chi connectivity index (χ0) is 16.1. The van der Waals surface area contributed by atoms with Gasteiger partial charge in [-0.05, 0) is 63.1 Å². The lowest BCUT2D eigenvalue weighted by Gasteiger charge is -2.12.